The number of aliphatic carboxylic acids is 1. The fourth-order valence-electron chi connectivity index (χ4n) is 2.76. The average molecular weight is 269 g/mol. The molecule has 5 nitrogen and oxygen atoms in total. The maximum absolute atomic E-state index is 12.6. The lowest BCUT2D eigenvalue weighted by Crippen LogP contribution is -2.48. The summed E-state index contributed by atoms with van der Waals surface area (Å²) in [5.74, 6) is -0.973. The Morgan fingerprint density at radius 3 is 2.58 bits per heavy atom. The van der Waals surface area contributed by atoms with Crippen molar-refractivity contribution in [1.82, 2.24) is 4.90 Å². The Labute approximate surface area is 113 Å². The van der Waals surface area contributed by atoms with E-state index in [1.54, 1.807) is 11.8 Å². The van der Waals surface area contributed by atoms with Gasteiger partial charge in [0, 0.05) is 18.6 Å². The van der Waals surface area contributed by atoms with Gasteiger partial charge in [-0.25, -0.2) is 4.79 Å². The maximum Gasteiger partial charge on any atom is 0.326 e. The van der Waals surface area contributed by atoms with Crippen molar-refractivity contribution in [2.45, 2.75) is 64.1 Å². The highest BCUT2D eigenvalue weighted by molar-refractivity contribution is 5.85. The summed E-state index contributed by atoms with van der Waals surface area (Å²) in [6, 6.07) is -0.579. The second-order valence-electron chi connectivity index (χ2n) is 5.61. The zero-order valence-corrected chi connectivity index (χ0v) is 11.7. The first-order valence-corrected chi connectivity index (χ1v) is 7.21. The van der Waals surface area contributed by atoms with E-state index in [0.717, 1.165) is 25.7 Å². The summed E-state index contributed by atoms with van der Waals surface area (Å²) in [6.45, 7) is 4.26. The van der Waals surface area contributed by atoms with Crippen LogP contribution in [-0.4, -0.2) is 46.7 Å². The molecule has 1 heterocycles. The van der Waals surface area contributed by atoms with Gasteiger partial charge in [-0.3, -0.25) is 4.79 Å². The van der Waals surface area contributed by atoms with Gasteiger partial charge in [-0.2, -0.15) is 0 Å². The number of carboxylic acids is 1. The molecule has 1 amide bonds. The van der Waals surface area contributed by atoms with Crippen molar-refractivity contribution in [3.05, 3.63) is 0 Å². The van der Waals surface area contributed by atoms with E-state index in [2.05, 4.69) is 6.92 Å². The van der Waals surface area contributed by atoms with E-state index < -0.39 is 12.0 Å². The molecule has 0 radical (unpaired) electrons. The van der Waals surface area contributed by atoms with Gasteiger partial charge in [-0.05, 0) is 39.0 Å². The van der Waals surface area contributed by atoms with Crippen molar-refractivity contribution < 1.29 is 19.4 Å². The summed E-state index contributed by atoms with van der Waals surface area (Å²) in [7, 11) is 0. The summed E-state index contributed by atoms with van der Waals surface area (Å²) < 4.78 is 5.58. The van der Waals surface area contributed by atoms with Crippen LogP contribution in [0.2, 0.25) is 0 Å². The molecular weight excluding hydrogens is 246 g/mol. The molecule has 19 heavy (non-hydrogen) atoms. The van der Waals surface area contributed by atoms with Gasteiger partial charge in [0.05, 0.1) is 6.10 Å². The van der Waals surface area contributed by atoms with E-state index in [-0.39, 0.29) is 24.0 Å². The monoisotopic (exact) mass is 269 g/mol. The van der Waals surface area contributed by atoms with Crippen molar-refractivity contribution >= 4 is 11.9 Å². The van der Waals surface area contributed by atoms with Gasteiger partial charge in [0.1, 0.15) is 6.04 Å². The van der Waals surface area contributed by atoms with E-state index in [1.165, 1.54) is 0 Å². The number of carboxylic acid groups (broad SMARTS) is 1. The lowest BCUT2D eigenvalue weighted by molar-refractivity contribution is -0.154. The third-order valence-corrected chi connectivity index (χ3v) is 4.14. The van der Waals surface area contributed by atoms with Crippen LogP contribution >= 0.6 is 0 Å². The molecular formula is C14H23NO4. The van der Waals surface area contributed by atoms with Crippen LogP contribution in [0.4, 0.5) is 0 Å². The molecule has 5 heteroatoms. The Balaban J connectivity index is 2.04. The average Bonchev–Trinajstić information content (AvgIpc) is 3.23. The highest BCUT2D eigenvalue weighted by Crippen LogP contribution is 2.33. The Hall–Kier alpha value is -1.10. The molecule has 1 aliphatic heterocycles. The van der Waals surface area contributed by atoms with Crippen LogP contribution < -0.4 is 0 Å². The molecule has 0 bridgehead atoms. The Kier molecular flexibility index (Phi) is 4.45. The van der Waals surface area contributed by atoms with Gasteiger partial charge in [0.15, 0.2) is 0 Å². The Morgan fingerprint density at radius 2 is 2.05 bits per heavy atom. The lowest BCUT2D eigenvalue weighted by Gasteiger charge is -2.34. The fraction of sp³-hybridized carbons (Fsp3) is 0.857. The van der Waals surface area contributed by atoms with E-state index in [0.29, 0.717) is 13.0 Å². The number of ether oxygens (including phenoxy) is 1. The molecule has 2 fully saturated rings. The smallest absolute Gasteiger partial charge is 0.326 e. The van der Waals surface area contributed by atoms with Crippen LogP contribution in [0.3, 0.4) is 0 Å². The predicted octanol–water partition coefficient (Wildman–Crippen LogP) is 1.66. The summed E-state index contributed by atoms with van der Waals surface area (Å²) in [6.07, 6.45) is 4.36. The van der Waals surface area contributed by atoms with Crippen LogP contribution in [0, 0.1) is 5.92 Å². The van der Waals surface area contributed by atoms with Crippen molar-refractivity contribution in [3.8, 4) is 0 Å². The van der Waals surface area contributed by atoms with Crippen LogP contribution in [0.5, 0.6) is 0 Å². The molecule has 1 N–H and O–H groups in total. The number of hydrogen-bond acceptors (Lipinski definition) is 3. The van der Waals surface area contributed by atoms with Crippen LogP contribution in [0.1, 0.15) is 46.0 Å². The number of nitrogens with zero attached hydrogens (tertiary/aromatic N) is 1. The third kappa shape index (κ3) is 3.26. The topological polar surface area (TPSA) is 66.8 Å². The SMILES string of the molecule is CCC1CC(C(=O)N(C2CC2)C(C)C(=O)O)CCO1. The minimum absolute atomic E-state index is 0.0131. The van der Waals surface area contributed by atoms with Gasteiger partial charge in [0.25, 0.3) is 0 Å². The van der Waals surface area contributed by atoms with Crippen LogP contribution in [0.25, 0.3) is 0 Å². The number of hydrogen-bond donors (Lipinski definition) is 1. The van der Waals surface area contributed by atoms with Crippen molar-refractivity contribution in [2.24, 2.45) is 5.92 Å². The molecule has 2 rings (SSSR count). The number of rotatable bonds is 5. The van der Waals surface area contributed by atoms with Gasteiger partial charge in [0.2, 0.25) is 5.91 Å². The third-order valence-electron chi connectivity index (χ3n) is 4.14. The first-order chi connectivity index (χ1) is 9.04. The standard InChI is InChI=1S/C14H23NO4/c1-3-12-8-10(6-7-19-12)13(16)15(11-4-5-11)9(2)14(17)18/h9-12H,3-8H2,1-2H3,(H,17,18). The minimum atomic E-state index is -0.917. The van der Waals surface area contributed by atoms with E-state index in [4.69, 9.17) is 9.84 Å². The van der Waals surface area contributed by atoms with Crippen molar-refractivity contribution in [3.63, 3.8) is 0 Å². The molecule has 0 aromatic carbocycles. The van der Waals surface area contributed by atoms with Crippen LogP contribution in [0.15, 0.2) is 0 Å². The zero-order chi connectivity index (χ0) is 14.0. The van der Waals surface area contributed by atoms with Crippen LogP contribution in [-0.2, 0) is 14.3 Å². The molecule has 0 aromatic heterocycles. The van der Waals surface area contributed by atoms with Gasteiger partial charge in [-0.1, -0.05) is 6.92 Å². The quantitative estimate of drug-likeness (QED) is 0.824. The zero-order valence-electron chi connectivity index (χ0n) is 11.7. The molecule has 108 valence electrons. The van der Waals surface area contributed by atoms with Gasteiger partial charge in [-0.15, -0.1) is 0 Å². The van der Waals surface area contributed by atoms with E-state index >= 15 is 0 Å². The fourth-order valence-corrected chi connectivity index (χ4v) is 2.76. The molecule has 1 aliphatic carbocycles. The molecule has 3 atom stereocenters. The normalized spacial score (nSPS) is 28.7. The largest absolute Gasteiger partial charge is 0.480 e. The summed E-state index contributed by atoms with van der Waals surface area (Å²) in [4.78, 5) is 25.4. The second kappa shape index (κ2) is 5.90. The van der Waals surface area contributed by atoms with E-state index in [1.807, 2.05) is 0 Å². The summed E-state index contributed by atoms with van der Waals surface area (Å²) in [5, 5.41) is 9.16. The Morgan fingerprint density at radius 1 is 1.37 bits per heavy atom. The Bertz CT molecular complexity index is 353. The number of amides is 1. The molecule has 0 aromatic rings. The number of carbonyl (C=O) groups excluding carboxylic acids is 1. The second-order valence-corrected chi connectivity index (χ2v) is 5.61. The first-order valence-electron chi connectivity index (χ1n) is 7.21. The maximum atomic E-state index is 12.6. The first kappa shape index (κ1) is 14.3. The molecule has 0 spiro atoms. The van der Waals surface area contributed by atoms with E-state index in [9.17, 15) is 9.59 Å². The lowest BCUT2D eigenvalue weighted by atomic mass is 9.92. The van der Waals surface area contributed by atoms with Crippen molar-refractivity contribution in [1.29, 1.82) is 0 Å². The van der Waals surface area contributed by atoms with Crippen molar-refractivity contribution in [2.75, 3.05) is 6.61 Å². The minimum Gasteiger partial charge on any atom is -0.480 e. The molecule has 2 aliphatic rings. The molecule has 1 saturated carbocycles. The molecule has 3 unspecified atom stereocenters. The summed E-state index contributed by atoms with van der Waals surface area (Å²) in [5.41, 5.74) is 0. The summed E-state index contributed by atoms with van der Waals surface area (Å²) >= 11 is 0. The van der Waals surface area contributed by atoms with Gasteiger partial charge >= 0.3 is 5.97 Å². The van der Waals surface area contributed by atoms with Gasteiger partial charge < -0.3 is 14.7 Å². The highest BCUT2D eigenvalue weighted by Gasteiger charge is 2.41. The highest BCUT2D eigenvalue weighted by atomic mass is 16.5. The number of carbonyl (C=O) groups is 2. The molecule has 1 saturated heterocycles. The predicted molar refractivity (Wildman–Crippen MR) is 69.7 cm³/mol.